The van der Waals surface area contributed by atoms with Crippen LogP contribution in [0.4, 0.5) is 4.39 Å². The highest BCUT2D eigenvalue weighted by Crippen LogP contribution is 2.14. The van der Waals surface area contributed by atoms with Crippen LogP contribution in [0.5, 0.6) is 0 Å². The van der Waals surface area contributed by atoms with Crippen LogP contribution in [0, 0.1) is 5.82 Å². The lowest BCUT2D eigenvalue weighted by molar-refractivity contribution is 0.561. The van der Waals surface area contributed by atoms with E-state index in [9.17, 15) is 12.8 Å². The van der Waals surface area contributed by atoms with Gasteiger partial charge < -0.3 is 0 Å². The van der Waals surface area contributed by atoms with Crippen LogP contribution in [0.25, 0.3) is 0 Å². The summed E-state index contributed by atoms with van der Waals surface area (Å²) >= 11 is 5.49. The van der Waals surface area contributed by atoms with Crippen molar-refractivity contribution in [2.75, 3.05) is 11.6 Å². The Bertz CT molecular complexity index is 479. The molecule has 0 aromatic heterocycles. The highest BCUT2D eigenvalue weighted by Gasteiger charge is 2.15. The molecule has 0 spiro atoms. The third kappa shape index (κ3) is 5.33. The summed E-state index contributed by atoms with van der Waals surface area (Å²) in [6, 6.07) is 5.46. The Balaban J connectivity index is 2.61. The maximum atomic E-state index is 13.0. The quantitative estimate of drug-likeness (QED) is 0.621. The smallest absolute Gasteiger partial charge is 0.212 e. The van der Waals surface area contributed by atoms with E-state index in [-0.39, 0.29) is 11.6 Å². The van der Waals surface area contributed by atoms with Crippen LogP contribution >= 0.6 is 11.6 Å². The first-order valence-corrected chi connectivity index (χ1v) is 7.95. The summed E-state index contributed by atoms with van der Waals surface area (Å²) in [6.45, 7) is 1.69. The molecule has 1 N–H and O–H groups in total. The third-order valence-corrected chi connectivity index (χ3v) is 4.31. The van der Waals surface area contributed by atoms with Crippen molar-refractivity contribution in [2.24, 2.45) is 0 Å². The maximum absolute atomic E-state index is 13.0. The van der Waals surface area contributed by atoms with Gasteiger partial charge in [0.15, 0.2) is 0 Å². The fraction of sp³-hybridized carbons (Fsp3) is 0.500. The summed E-state index contributed by atoms with van der Waals surface area (Å²) in [5.41, 5.74) is 0.607. The molecule has 0 amide bonds. The maximum Gasteiger partial charge on any atom is 0.212 e. The van der Waals surface area contributed by atoms with E-state index >= 15 is 0 Å². The molecule has 0 aliphatic heterocycles. The molecular weight excluding hydrogens is 277 g/mol. The second kappa shape index (κ2) is 7.07. The summed E-state index contributed by atoms with van der Waals surface area (Å²) < 4.78 is 39.0. The molecule has 0 saturated heterocycles. The van der Waals surface area contributed by atoms with Crippen molar-refractivity contribution in [1.29, 1.82) is 0 Å². The number of rotatable bonds is 7. The standard InChI is InChI=1S/C12H17ClFNO2S/c1-10(11-5-4-6-12(14)9-11)15-18(16,17)8-3-2-7-13/h4-6,9-10,15H,2-3,7-8H2,1H3/t10-/m0/s1. The molecule has 0 aliphatic rings. The van der Waals surface area contributed by atoms with Crippen molar-refractivity contribution < 1.29 is 12.8 Å². The molecular formula is C12H17ClFNO2S. The number of alkyl halides is 1. The van der Waals surface area contributed by atoms with Gasteiger partial charge in [0.2, 0.25) is 10.0 Å². The first-order chi connectivity index (χ1) is 8.44. The molecule has 1 aromatic rings. The predicted molar refractivity (Wildman–Crippen MR) is 71.7 cm³/mol. The molecule has 1 atom stereocenters. The first-order valence-electron chi connectivity index (χ1n) is 5.76. The number of nitrogens with one attached hydrogen (secondary N) is 1. The molecule has 1 aromatic carbocycles. The SMILES string of the molecule is C[C@H](NS(=O)(=O)CCCCCl)c1cccc(F)c1. The third-order valence-electron chi connectivity index (χ3n) is 2.50. The Labute approximate surface area is 112 Å². The average molecular weight is 294 g/mol. The molecule has 1 rings (SSSR count). The average Bonchev–Trinajstić information content (AvgIpc) is 2.28. The molecule has 6 heteroatoms. The van der Waals surface area contributed by atoms with Gasteiger partial charge in [-0.15, -0.1) is 11.6 Å². The Hall–Kier alpha value is -0.650. The molecule has 0 saturated carbocycles. The first kappa shape index (κ1) is 15.4. The molecule has 0 bridgehead atoms. The lowest BCUT2D eigenvalue weighted by Crippen LogP contribution is -2.29. The van der Waals surface area contributed by atoms with Gasteiger partial charge in [0.1, 0.15) is 5.82 Å². The van der Waals surface area contributed by atoms with Crippen LogP contribution in [-0.4, -0.2) is 20.1 Å². The molecule has 18 heavy (non-hydrogen) atoms. The van der Waals surface area contributed by atoms with Crippen LogP contribution in [0.3, 0.4) is 0 Å². The van der Waals surface area contributed by atoms with Gasteiger partial charge in [-0.25, -0.2) is 17.5 Å². The minimum atomic E-state index is -3.35. The van der Waals surface area contributed by atoms with Crippen LogP contribution < -0.4 is 4.72 Å². The largest absolute Gasteiger partial charge is 0.212 e. The van der Waals surface area contributed by atoms with Crippen molar-refractivity contribution in [3.05, 3.63) is 35.6 Å². The van der Waals surface area contributed by atoms with E-state index in [0.29, 0.717) is 24.3 Å². The summed E-state index contributed by atoms with van der Waals surface area (Å²) in [5.74, 6) is 0.120. The molecule has 0 radical (unpaired) electrons. The number of benzene rings is 1. The van der Waals surface area contributed by atoms with Gasteiger partial charge in [0, 0.05) is 11.9 Å². The highest BCUT2D eigenvalue weighted by atomic mass is 35.5. The van der Waals surface area contributed by atoms with E-state index in [2.05, 4.69) is 4.72 Å². The van der Waals surface area contributed by atoms with E-state index in [1.807, 2.05) is 0 Å². The van der Waals surface area contributed by atoms with Crippen molar-refractivity contribution in [3.63, 3.8) is 0 Å². The second-order valence-corrected chi connectivity index (χ2v) is 6.36. The lowest BCUT2D eigenvalue weighted by atomic mass is 10.1. The van der Waals surface area contributed by atoms with Gasteiger partial charge >= 0.3 is 0 Å². The molecule has 0 fully saturated rings. The molecule has 102 valence electrons. The van der Waals surface area contributed by atoms with E-state index in [0.717, 1.165) is 0 Å². The highest BCUT2D eigenvalue weighted by molar-refractivity contribution is 7.89. The summed E-state index contributed by atoms with van der Waals surface area (Å²) in [7, 11) is -3.35. The van der Waals surface area contributed by atoms with E-state index in [1.165, 1.54) is 12.1 Å². The van der Waals surface area contributed by atoms with Crippen molar-refractivity contribution in [1.82, 2.24) is 4.72 Å². The van der Waals surface area contributed by atoms with Gasteiger partial charge in [-0.2, -0.15) is 0 Å². The van der Waals surface area contributed by atoms with Crippen LogP contribution in [-0.2, 0) is 10.0 Å². The monoisotopic (exact) mass is 293 g/mol. The molecule has 0 heterocycles. The predicted octanol–water partition coefficient (Wildman–Crippen LogP) is 2.83. The lowest BCUT2D eigenvalue weighted by Gasteiger charge is -2.14. The summed E-state index contributed by atoms with van der Waals surface area (Å²) in [4.78, 5) is 0. The second-order valence-electron chi connectivity index (χ2n) is 4.11. The van der Waals surface area contributed by atoms with Gasteiger partial charge in [-0.3, -0.25) is 0 Å². The number of unbranched alkanes of at least 4 members (excludes halogenated alkanes) is 1. The summed E-state index contributed by atoms with van der Waals surface area (Å²) in [6.07, 6.45) is 1.19. The summed E-state index contributed by atoms with van der Waals surface area (Å²) in [5, 5.41) is 0. The van der Waals surface area contributed by atoms with Crippen LogP contribution in [0.2, 0.25) is 0 Å². The number of sulfonamides is 1. The van der Waals surface area contributed by atoms with Crippen molar-refractivity contribution in [3.8, 4) is 0 Å². The Kier molecular flexibility index (Phi) is 6.05. The fourth-order valence-electron chi connectivity index (χ4n) is 1.56. The van der Waals surface area contributed by atoms with Crippen LogP contribution in [0.15, 0.2) is 24.3 Å². The van der Waals surface area contributed by atoms with E-state index < -0.39 is 16.1 Å². The van der Waals surface area contributed by atoms with Crippen molar-refractivity contribution >= 4 is 21.6 Å². The Morgan fingerprint density at radius 2 is 2.11 bits per heavy atom. The topological polar surface area (TPSA) is 46.2 Å². The van der Waals surface area contributed by atoms with Crippen LogP contribution in [0.1, 0.15) is 31.4 Å². The minimum Gasteiger partial charge on any atom is -0.212 e. The van der Waals surface area contributed by atoms with Gasteiger partial charge in [0.05, 0.1) is 5.75 Å². The van der Waals surface area contributed by atoms with Gasteiger partial charge in [-0.1, -0.05) is 12.1 Å². The number of hydrogen-bond acceptors (Lipinski definition) is 2. The number of hydrogen-bond donors (Lipinski definition) is 1. The van der Waals surface area contributed by atoms with E-state index in [1.54, 1.807) is 19.1 Å². The Morgan fingerprint density at radius 1 is 1.39 bits per heavy atom. The fourth-order valence-corrected chi connectivity index (χ4v) is 3.12. The van der Waals surface area contributed by atoms with Gasteiger partial charge in [0.25, 0.3) is 0 Å². The number of halogens is 2. The van der Waals surface area contributed by atoms with Gasteiger partial charge in [-0.05, 0) is 37.5 Å². The minimum absolute atomic E-state index is 0.0410. The Morgan fingerprint density at radius 3 is 2.72 bits per heavy atom. The van der Waals surface area contributed by atoms with E-state index in [4.69, 9.17) is 11.6 Å². The van der Waals surface area contributed by atoms with Crippen molar-refractivity contribution in [2.45, 2.75) is 25.8 Å². The normalized spacial score (nSPS) is 13.5. The zero-order chi connectivity index (χ0) is 13.6. The molecule has 0 unspecified atom stereocenters. The molecule has 3 nitrogen and oxygen atoms in total. The zero-order valence-electron chi connectivity index (χ0n) is 10.2. The zero-order valence-corrected chi connectivity index (χ0v) is 11.8. The molecule has 0 aliphatic carbocycles.